The SMILES string of the molecule is C=C(CCNC(C)NC(=O)CC[C@@H](C)C1CCC2[C@H]3C(CCC21C)C1(C)CCCCC1(C)[C@@H](CC)[C@H]3O)Cc1ccccc1. The summed E-state index contributed by atoms with van der Waals surface area (Å²) in [6, 6.07) is 10.5. The molecule has 3 N–H and O–H groups in total. The van der Waals surface area contributed by atoms with Crippen molar-refractivity contribution in [2.45, 2.75) is 137 Å². The van der Waals surface area contributed by atoms with E-state index in [2.05, 4.69) is 76.1 Å². The van der Waals surface area contributed by atoms with Crippen LogP contribution < -0.4 is 10.6 Å². The van der Waals surface area contributed by atoms with Crippen molar-refractivity contribution in [3.63, 3.8) is 0 Å². The number of hydrogen-bond acceptors (Lipinski definition) is 3. The van der Waals surface area contributed by atoms with Crippen LogP contribution >= 0.6 is 0 Å². The number of aliphatic hydroxyl groups is 1. The quantitative estimate of drug-likeness (QED) is 0.165. The van der Waals surface area contributed by atoms with Crippen molar-refractivity contribution in [1.82, 2.24) is 10.6 Å². The molecule has 5 rings (SSSR count). The van der Waals surface area contributed by atoms with Crippen molar-refractivity contribution in [3.05, 3.63) is 48.0 Å². The lowest BCUT2D eigenvalue weighted by Crippen LogP contribution is -2.65. The summed E-state index contributed by atoms with van der Waals surface area (Å²) in [5.41, 5.74) is 3.42. The van der Waals surface area contributed by atoms with E-state index in [0.29, 0.717) is 47.3 Å². The maximum atomic E-state index is 13.0. The van der Waals surface area contributed by atoms with Crippen LogP contribution in [0.3, 0.4) is 0 Å². The highest BCUT2D eigenvalue weighted by molar-refractivity contribution is 5.76. The van der Waals surface area contributed by atoms with E-state index in [0.717, 1.165) is 32.2 Å². The average molecular weight is 605 g/mol. The molecule has 4 fully saturated rings. The van der Waals surface area contributed by atoms with E-state index < -0.39 is 0 Å². The minimum absolute atomic E-state index is 0.0443. The minimum Gasteiger partial charge on any atom is -0.393 e. The molecule has 44 heavy (non-hydrogen) atoms. The molecular weight excluding hydrogens is 540 g/mol. The monoisotopic (exact) mass is 604 g/mol. The van der Waals surface area contributed by atoms with Gasteiger partial charge in [0.25, 0.3) is 0 Å². The Hall–Kier alpha value is -1.65. The predicted octanol–water partition coefficient (Wildman–Crippen LogP) is 8.69. The molecule has 4 saturated carbocycles. The van der Waals surface area contributed by atoms with E-state index in [9.17, 15) is 9.90 Å². The molecule has 11 atom stereocenters. The lowest BCUT2D eigenvalue weighted by Gasteiger charge is -2.68. The molecule has 7 unspecified atom stereocenters. The molecule has 1 aromatic rings. The number of nitrogens with one attached hydrogen (secondary N) is 2. The van der Waals surface area contributed by atoms with Crippen molar-refractivity contribution >= 4 is 5.91 Å². The van der Waals surface area contributed by atoms with Crippen molar-refractivity contribution in [2.24, 2.45) is 51.8 Å². The normalized spacial score (nSPS) is 39.4. The molecule has 1 aromatic carbocycles. The van der Waals surface area contributed by atoms with Gasteiger partial charge in [0.15, 0.2) is 0 Å². The van der Waals surface area contributed by atoms with Crippen LogP contribution in [-0.4, -0.2) is 29.8 Å². The second-order valence-electron chi connectivity index (χ2n) is 16.5. The van der Waals surface area contributed by atoms with Gasteiger partial charge < -0.3 is 10.4 Å². The van der Waals surface area contributed by atoms with Gasteiger partial charge in [-0.3, -0.25) is 10.1 Å². The van der Waals surface area contributed by atoms with E-state index in [1.54, 1.807) is 0 Å². The Kier molecular flexibility index (Phi) is 10.4. The molecule has 0 spiro atoms. The van der Waals surface area contributed by atoms with Gasteiger partial charge >= 0.3 is 0 Å². The van der Waals surface area contributed by atoms with Gasteiger partial charge in [0.05, 0.1) is 12.3 Å². The minimum atomic E-state index is -0.157. The third kappa shape index (κ3) is 6.20. The fourth-order valence-electron chi connectivity index (χ4n) is 11.9. The van der Waals surface area contributed by atoms with E-state index in [1.807, 2.05) is 13.0 Å². The highest BCUT2D eigenvalue weighted by Crippen LogP contribution is 2.72. The Bertz CT molecular complexity index is 1140. The molecule has 1 amide bonds. The zero-order valence-electron chi connectivity index (χ0n) is 29.0. The molecule has 0 aromatic heterocycles. The van der Waals surface area contributed by atoms with E-state index in [4.69, 9.17) is 0 Å². The van der Waals surface area contributed by atoms with Crippen LogP contribution in [0.25, 0.3) is 0 Å². The van der Waals surface area contributed by atoms with Crippen LogP contribution in [-0.2, 0) is 11.2 Å². The van der Waals surface area contributed by atoms with Gasteiger partial charge in [0.2, 0.25) is 5.91 Å². The first-order chi connectivity index (χ1) is 20.9. The van der Waals surface area contributed by atoms with Gasteiger partial charge in [-0.05, 0) is 122 Å². The van der Waals surface area contributed by atoms with Gasteiger partial charge in [-0.2, -0.15) is 0 Å². The van der Waals surface area contributed by atoms with Gasteiger partial charge in [0, 0.05) is 13.0 Å². The summed E-state index contributed by atoms with van der Waals surface area (Å²) in [7, 11) is 0. The zero-order valence-corrected chi connectivity index (χ0v) is 29.0. The highest BCUT2D eigenvalue weighted by Gasteiger charge is 2.67. The summed E-state index contributed by atoms with van der Waals surface area (Å²) in [4.78, 5) is 13.0. The summed E-state index contributed by atoms with van der Waals surface area (Å²) < 4.78 is 0. The zero-order chi connectivity index (χ0) is 31.7. The summed E-state index contributed by atoms with van der Waals surface area (Å²) in [5.74, 6) is 3.48. The number of amides is 1. The van der Waals surface area contributed by atoms with Crippen molar-refractivity contribution in [2.75, 3.05) is 6.54 Å². The van der Waals surface area contributed by atoms with Gasteiger partial charge in [-0.1, -0.05) is 96.4 Å². The summed E-state index contributed by atoms with van der Waals surface area (Å²) in [6.07, 6.45) is 14.7. The molecule has 0 heterocycles. The molecule has 0 radical (unpaired) electrons. The van der Waals surface area contributed by atoms with Crippen molar-refractivity contribution < 1.29 is 9.90 Å². The van der Waals surface area contributed by atoms with Crippen LogP contribution in [0.1, 0.15) is 124 Å². The van der Waals surface area contributed by atoms with E-state index >= 15 is 0 Å². The Morgan fingerprint density at radius 3 is 2.39 bits per heavy atom. The smallest absolute Gasteiger partial charge is 0.221 e. The number of aliphatic hydroxyl groups excluding tert-OH is 1. The van der Waals surface area contributed by atoms with E-state index in [-0.39, 0.29) is 29.0 Å². The highest BCUT2D eigenvalue weighted by atomic mass is 16.3. The number of carbonyl (C=O) groups excluding carboxylic acids is 1. The third-order valence-corrected chi connectivity index (χ3v) is 14.4. The Morgan fingerprint density at radius 1 is 0.977 bits per heavy atom. The third-order valence-electron chi connectivity index (χ3n) is 14.4. The van der Waals surface area contributed by atoms with Crippen LogP contribution in [0.4, 0.5) is 0 Å². The number of carbonyl (C=O) groups is 1. The number of fused-ring (bicyclic) bond motifs is 5. The van der Waals surface area contributed by atoms with Crippen LogP contribution in [0.2, 0.25) is 0 Å². The maximum absolute atomic E-state index is 13.0. The lowest BCUT2D eigenvalue weighted by molar-refractivity contribution is -0.232. The van der Waals surface area contributed by atoms with Gasteiger partial charge in [-0.25, -0.2) is 0 Å². The molecule has 4 heteroatoms. The van der Waals surface area contributed by atoms with Crippen LogP contribution in [0.5, 0.6) is 0 Å². The Balaban J connectivity index is 1.12. The van der Waals surface area contributed by atoms with Crippen molar-refractivity contribution in [3.8, 4) is 0 Å². The number of rotatable bonds is 12. The Morgan fingerprint density at radius 2 is 1.68 bits per heavy atom. The predicted molar refractivity (Wildman–Crippen MR) is 183 cm³/mol. The molecule has 4 aliphatic rings. The second kappa shape index (κ2) is 13.6. The van der Waals surface area contributed by atoms with Crippen molar-refractivity contribution in [1.29, 1.82) is 0 Å². The van der Waals surface area contributed by atoms with E-state index in [1.165, 1.54) is 62.5 Å². The largest absolute Gasteiger partial charge is 0.393 e. The first-order valence-electron chi connectivity index (χ1n) is 18.4. The maximum Gasteiger partial charge on any atom is 0.221 e. The first-order valence-corrected chi connectivity index (χ1v) is 18.4. The first kappa shape index (κ1) is 33.7. The second-order valence-corrected chi connectivity index (χ2v) is 16.5. The van der Waals surface area contributed by atoms with Crippen LogP contribution in [0, 0.1) is 51.8 Å². The van der Waals surface area contributed by atoms with Crippen LogP contribution in [0.15, 0.2) is 42.5 Å². The molecular formula is C40H64N2O2. The van der Waals surface area contributed by atoms with Gasteiger partial charge in [-0.15, -0.1) is 0 Å². The topological polar surface area (TPSA) is 61.4 Å². The number of hydrogen-bond donors (Lipinski definition) is 3. The summed E-state index contributed by atoms with van der Waals surface area (Å²) >= 11 is 0. The molecule has 0 saturated heterocycles. The summed E-state index contributed by atoms with van der Waals surface area (Å²) in [5, 5.41) is 18.8. The molecule has 4 nitrogen and oxygen atoms in total. The Labute approximate surface area is 269 Å². The average Bonchev–Trinajstić information content (AvgIpc) is 3.34. The fourth-order valence-corrected chi connectivity index (χ4v) is 11.9. The van der Waals surface area contributed by atoms with Gasteiger partial charge in [0.1, 0.15) is 0 Å². The lowest BCUT2D eigenvalue weighted by atomic mass is 9.37. The molecule has 246 valence electrons. The molecule has 0 bridgehead atoms. The molecule has 0 aliphatic heterocycles. The standard InChI is InChI=1S/C40H64N2O2/c1-8-31-37(44)36-33-18-17-32(38(33,5)24-20-34(36)40(7)23-13-12-22-39(31,40)6)28(3)16-19-35(43)42-29(4)41-25-21-27(2)26-30-14-10-9-11-15-30/h9-11,14-15,28-29,31-34,36-37,41,44H,2,8,12-13,16-26H2,1,3-7H3,(H,42,43)/t28-,29?,31+,32?,33?,34?,36+,37-,38?,39?,40?/m1/s1. The molecule has 4 aliphatic carbocycles. The fraction of sp³-hybridized carbons (Fsp3) is 0.775. The number of benzene rings is 1. The summed E-state index contributed by atoms with van der Waals surface area (Å²) in [6.45, 7) is 19.6.